The number of hydrogen-bond acceptors (Lipinski definition) is 5. The highest BCUT2D eigenvalue weighted by Gasteiger charge is 2.26. The van der Waals surface area contributed by atoms with E-state index in [1.54, 1.807) is 24.8 Å². The molecule has 1 heterocycles. The Morgan fingerprint density at radius 1 is 1.30 bits per heavy atom. The molecule has 3 rings (SSSR count). The molecule has 3 aromatic rings. The number of fused-ring (bicyclic) bond motifs is 1. The molecule has 0 fully saturated rings. The van der Waals surface area contributed by atoms with E-state index in [0.29, 0.717) is 26.7 Å². The predicted octanol–water partition coefficient (Wildman–Crippen LogP) is 4.61. The Bertz CT molecular complexity index is 985. The van der Waals surface area contributed by atoms with Gasteiger partial charge in [-0.3, -0.25) is 0 Å². The van der Waals surface area contributed by atoms with E-state index < -0.39 is 5.97 Å². The van der Waals surface area contributed by atoms with E-state index >= 15 is 0 Å². The van der Waals surface area contributed by atoms with Crippen LogP contribution >= 0.6 is 27.7 Å². The van der Waals surface area contributed by atoms with Gasteiger partial charge in [0.2, 0.25) is 0 Å². The van der Waals surface area contributed by atoms with Gasteiger partial charge in [-0.15, -0.1) is 11.8 Å². The number of aromatic hydroxyl groups is 1. The fourth-order valence-corrected chi connectivity index (χ4v) is 4.54. The Morgan fingerprint density at radius 3 is 2.63 bits per heavy atom. The van der Waals surface area contributed by atoms with E-state index in [-0.39, 0.29) is 19.0 Å². The van der Waals surface area contributed by atoms with Crippen molar-refractivity contribution in [1.82, 2.24) is 4.57 Å². The minimum atomic E-state index is -0.455. The van der Waals surface area contributed by atoms with E-state index in [2.05, 4.69) is 15.9 Å². The molecule has 2 N–H and O–H groups in total. The summed E-state index contributed by atoms with van der Waals surface area (Å²) >= 11 is 4.93. The van der Waals surface area contributed by atoms with Gasteiger partial charge < -0.3 is 19.5 Å². The number of ether oxygens (including phenoxy) is 1. The third-order valence-corrected chi connectivity index (χ3v) is 6.02. The number of esters is 1. The summed E-state index contributed by atoms with van der Waals surface area (Å²) in [6, 6.07) is 11.7. The zero-order valence-electron chi connectivity index (χ0n) is 15.0. The number of nitrogens with zero attached hydrogens (tertiary/aromatic N) is 1. The van der Waals surface area contributed by atoms with Crippen LogP contribution in [0.4, 0.5) is 0 Å². The maximum atomic E-state index is 12.7. The van der Waals surface area contributed by atoms with Gasteiger partial charge in [0, 0.05) is 34.3 Å². The molecule has 1 aromatic heterocycles. The van der Waals surface area contributed by atoms with Crippen LogP contribution in [0, 0.1) is 0 Å². The van der Waals surface area contributed by atoms with Crippen molar-refractivity contribution in [2.24, 2.45) is 7.05 Å². The number of thioether (sulfide) groups is 1. The third-order valence-electron chi connectivity index (χ3n) is 4.39. The summed E-state index contributed by atoms with van der Waals surface area (Å²) in [5, 5.41) is 20.7. The number of aliphatic hydroxyl groups excluding tert-OH is 1. The quantitative estimate of drug-likeness (QED) is 0.424. The van der Waals surface area contributed by atoms with Crippen molar-refractivity contribution in [3.63, 3.8) is 0 Å². The lowest BCUT2D eigenvalue weighted by atomic mass is 10.0. The average Bonchev–Trinajstić information content (AvgIpc) is 2.94. The first kappa shape index (κ1) is 19.8. The lowest BCUT2D eigenvalue weighted by Crippen LogP contribution is -2.09. The molecule has 0 spiro atoms. The summed E-state index contributed by atoms with van der Waals surface area (Å²) in [7, 11) is 1.87. The fourth-order valence-electron chi connectivity index (χ4n) is 3.09. The molecule has 0 saturated heterocycles. The molecule has 27 heavy (non-hydrogen) atoms. The van der Waals surface area contributed by atoms with Crippen LogP contribution in [0.5, 0.6) is 5.75 Å². The summed E-state index contributed by atoms with van der Waals surface area (Å²) in [4.78, 5) is 13.8. The molecule has 0 saturated carbocycles. The minimum Gasteiger partial charge on any atom is -0.506 e. The Hall–Kier alpha value is -1.96. The van der Waals surface area contributed by atoms with Crippen LogP contribution in [-0.2, 0) is 24.1 Å². The van der Waals surface area contributed by atoms with E-state index in [0.717, 1.165) is 16.1 Å². The molecule has 0 unspecified atom stereocenters. The van der Waals surface area contributed by atoms with Gasteiger partial charge in [-0.2, -0.15) is 0 Å². The van der Waals surface area contributed by atoms with Crippen molar-refractivity contribution < 1.29 is 19.7 Å². The second-order valence-corrected chi connectivity index (χ2v) is 7.84. The lowest BCUT2D eigenvalue weighted by molar-refractivity contribution is 0.0527. The molecule has 0 bridgehead atoms. The highest BCUT2D eigenvalue weighted by Crippen LogP contribution is 2.40. The van der Waals surface area contributed by atoms with Crippen molar-refractivity contribution in [2.75, 3.05) is 6.61 Å². The Morgan fingerprint density at radius 2 is 2.00 bits per heavy atom. The summed E-state index contributed by atoms with van der Waals surface area (Å²) in [5.41, 5.74) is 2.23. The number of carbonyl (C=O) groups excluding carboxylic acids is 1. The molecule has 0 amide bonds. The standard InChI is InChI=1S/C20H20BrNO4S/c1-3-26-20(25)18-16(11-27-12-7-5-4-6-8-12)22(2)15-9-14(21)19(24)13(10-23)17(15)18/h4-9,23-24H,3,10-11H2,1-2H3. The number of halogens is 1. The Labute approximate surface area is 170 Å². The van der Waals surface area contributed by atoms with Gasteiger partial charge in [0.15, 0.2) is 0 Å². The first-order valence-corrected chi connectivity index (χ1v) is 10.2. The first-order chi connectivity index (χ1) is 13.0. The molecule has 7 heteroatoms. The van der Waals surface area contributed by atoms with E-state index in [9.17, 15) is 15.0 Å². The second kappa shape index (κ2) is 8.37. The Kier molecular flexibility index (Phi) is 6.14. The van der Waals surface area contributed by atoms with Crippen LogP contribution in [0.3, 0.4) is 0 Å². The van der Waals surface area contributed by atoms with Crippen molar-refractivity contribution in [3.05, 3.63) is 57.7 Å². The highest BCUT2D eigenvalue weighted by atomic mass is 79.9. The monoisotopic (exact) mass is 449 g/mol. The number of carbonyl (C=O) groups is 1. The predicted molar refractivity (Wildman–Crippen MR) is 110 cm³/mol. The number of aliphatic hydroxyl groups is 1. The van der Waals surface area contributed by atoms with Crippen LogP contribution in [0.2, 0.25) is 0 Å². The van der Waals surface area contributed by atoms with Gasteiger partial charge in [0.1, 0.15) is 5.75 Å². The van der Waals surface area contributed by atoms with E-state index in [1.807, 2.05) is 41.9 Å². The summed E-state index contributed by atoms with van der Waals surface area (Å²) in [6.45, 7) is 1.61. The lowest BCUT2D eigenvalue weighted by Gasteiger charge is -2.09. The van der Waals surface area contributed by atoms with Crippen molar-refractivity contribution in [3.8, 4) is 5.75 Å². The number of hydrogen-bond donors (Lipinski definition) is 2. The largest absolute Gasteiger partial charge is 0.506 e. The first-order valence-electron chi connectivity index (χ1n) is 8.47. The van der Waals surface area contributed by atoms with E-state index in [1.165, 1.54) is 0 Å². The maximum Gasteiger partial charge on any atom is 0.340 e. The van der Waals surface area contributed by atoms with Crippen LogP contribution in [0.1, 0.15) is 28.5 Å². The van der Waals surface area contributed by atoms with Gasteiger partial charge in [0.05, 0.1) is 28.8 Å². The number of aromatic nitrogens is 1. The normalized spacial score (nSPS) is 11.1. The molecular weight excluding hydrogens is 430 g/mol. The number of benzene rings is 2. The third kappa shape index (κ3) is 3.72. The zero-order valence-corrected chi connectivity index (χ0v) is 17.4. The zero-order chi connectivity index (χ0) is 19.6. The van der Waals surface area contributed by atoms with Gasteiger partial charge in [-0.25, -0.2) is 4.79 Å². The fraction of sp³-hybridized carbons (Fsp3) is 0.250. The number of aryl methyl sites for hydroxylation is 1. The van der Waals surface area contributed by atoms with Gasteiger partial charge in [-0.1, -0.05) is 18.2 Å². The average molecular weight is 450 g/mol. The molecular formula is C20H20BrNO4S. The molecule has 0 radical (unpaired) electrons. The van der Waals surface area contributed by atoms with Gasteiger partial charge in [-0.05, 0) is 41.1 Å². The summed E-state index contributed by atoms with van der Waals surface area (Å²) < 4.78 is 7.66. The molecule has 0 atom stereocenters. The topological polar surface area (TPSA) is 71.7 Å². The minimum absolute atomic E-state index is 0.0663. The highest BCUT2D eigenvalue weighted by molar-refractivity contribution is 9.10. The number of rotatable bonds is 6. The van der Waals surface area contributed by atoms with Crippen molar-refractivity contribution in [1.29, 1.82) is 0 Å². The molecule has 2 aromatic carbocycles. The molecule has 0 aliphatic carbocycles. The van der Waals surface area contributed by atoms with Crippen LogP contribution in [-0.4, -0.2) is 27.4 Å². The summed E-state index contributed by atoms with van der Waals surface area (Å²) in [6.07, 6.45) is 0. The SMILES string of the molecule is CCOC(=O)c1c(CSc2ccccc2)n(C)c2cc(Br)c(O)c(CO)c12. The van der Waals surface area contributed by atoms with Crippen LogP contribution in [0.25, 0.3) is 10.9 Å². The van der Waals surface area contributed by atoms with Crippen molar-refractivity contribution in [2.45, 2.75) is 24.2 Å². The van der Waals surface area contributed by atoms with Crippen LogP contribution < -0.4 is 0 Å². The Balaban J connectivity index is 2.20. The molecule has 142 valence electrons. The van der Waals surface area contributed by atoms with Crippen molar-refractivity contribution >= 4 is 44.6 Å². The molecule has 5 nitrogen and oxygen atoms in total. The van der Waals surface area contributed by atoms with Gasteiger partial charge >= 0.3 is 5.97 Å². The van der Waals surface area contributed by atoms with E-state index in [4.69, 9.17) is 4.74 Å². The summed E-state index contributed by atoms with van der Waals surface area (Å²) in [5.74, 6) is 0.0265. The smallest absolute Gasteiger partial charge is 0.340 e. The number of phenols is 1. The second-order valence-electron chi connectivity index (χ2n) is 5.94. The molecule has 0 aliphatic heterocycles. The van der Waals surface area contributed by atoms with Gasteiger partial charge in [0.25, 0.3) is 0 Å². The molecule has 0 aliphatic rings. The van der Waals surface area contributed by atoms with Crippen LogP contribution in [0.15, 0.2) is 45.8 Å². The maximum absolute atomic E-state index is 12.7.